The van der Waals surface area contributed by atoms with E-state index in [2.05, 4.69) is 25.3 Å². The monoisotopic (exact) mass is 306 g/mol. The minimum atomic E-state index is 0.170. The van der Waals surface area contributed by atoms with Gasteiger partial charge in [-0.2, -0.15) is 4.37 Å². The van der Waals surface area contributed by atoms with Crippen molar-refractivity contribution in [1.29, 1.82) is 0 Å². The van der Waals surface area contributed by atoms with Gasteiger partial charge in [0.25, 0.3) is 0 Å². The van der Waals surface area contributed by atoms with Crippen molar-refractivity contribution in [2.75, 3.05) is 0 Å². The Labute approximate surface area is 110 Å². The highest BCUT2D eigenvalue weighted by molar-refractivity contribution is 9.10. The Hall–Kier alpha value is -1.46. The summed E-state index contributed by atoms with van der Waals surface area (Å²) in [5.41, 5.74) is 2.71. The summed E-state index contributed by atoms with van der Waals surface area (Å²) >= 11 is 4.74. The minimum absolute atomic E-state index is 0.170. The molecule has 5 heteroatoms. The average Bonchev–Trinajstić information content (AvgIpc) is 2.73. The lowest BCUT2D eigenvalue weighted by atomic mass is 10.1. The molecule has 0 atom stereocenters. The maximum Gasteiger partial charge on any atom is 0.135 e. The Bertz CT molecular complexity index is 679. The number of pyridine rings is 1. The van der Waals surface area contributed by atoms with Gasteiger partial charge in [0.2, 0.25) is 0 Å². The predicted octanol–water partition coefficient (Wildman–Crippen LogP) is 3.83. The smallest absolute Gasteiger partial charge is 0.135 e. The van der Waals surface area contributed by atoms with Crippen LogP contribution in [0.25, 0.3) is 21.5 Å². The van der Waals surface area contributed by atoms with Crippen LogP contribution in [0, 0.1) is 0 Å². The summed E-state index contributed by atoms with van der Waals surface area (Å²) in [5.74, 6) is 0.170. The molecule has 0 saturated heterocycles. The Kier molecular flexibility index (Phi) is 2.57. The van der Waals surface area contributed by atoms with Crippen molar-refractivity contribution >= 4 is 37.7 Å². The Morgan fingerprint density at radius 3 is 2.71 bits per heavy atom. The molecule has 0 unspecified atom stereocenters. The number of aromatic nitrogens is 2. The van der Waals surface area contributed by atoms with Crippen LogP contribution >= 0.6 is 27.5 Å². The molecular weight excluding hydrogens is 300 g/mol. The maximum atomic E-state index is 9.36. The molecule has 0 bridgehead atoms. The molecule has 0 spiro atoms. The third-order valence-corrected chi connectivity index (χ3v) is 3.73. The van der Waals surface area contributed by atoms with Crippen LogP contribution in [-0.4, -0.2) is 14.5 Å². The number of hydrogen-bond acceptors (Lipinski definition) is 4. The third-order valence-electron chi connectivity index (χ3n) is 2.42. The Morgan fingerprint density at radius 2 is 1.94 bits per heavy atom. The molecule has 0 radical (unpaired) electrons. The van der Waals surface area contributed by atoms with E-state index >= 15 is 0 Å². The minimum Gasteiger partial charge on any atom is -0.506 e. The van der Waals surface area contributed by atoms with E-state index in [4.69, 9.17) is 0 Å². The molecule has 17 heavy (non-hydrogen) atoms. The second-order valence-corrected chi connectivity index (χ2v) is 5.30. The molecule has 2 heterocycles. The van der Waals surface area contributed by atoms with E-state index in [1.807, 2.05) is 24.3 Å². The van der Waals surface area contributed by atoms with Crippen molar-refractivity contribution < 1.29 is 5.11 Å². The van der Waals surface area contributed by atoms with Gasteiger partial charge in [-0.15, -0.1) is 0 Å². The Morgan fingerprint density at radius 1 is 1.18 bits per heavy atom. The quantitative estimate of drug-likeness (QED) is 0.743. The van der Waals surface area contributed by atoms with Gasteiger partial charge < -0.3 is 5.11 Å². The lowest BCUT2D eigenvalue weighted by Crippen LogP contribution is -1.80. The second kappa shape index (κ2) is 4.09. The molecule has 0 aliphatic heterocycles. The number of nitrogens with zero attached hydrogens (tertiary/aromatic N) is 2. The van der Waals surface area contributed by atoms with Crippen LogP contribution in [-0.2, 0) is 0 Å². The number of benzene rings is 1. The van der Waals surface area contributed by atoms with Gasteiger partial charge >= 0.3 is 0 Å². The van der Waals surface area contributed by atoms with E-state index in [1.54, 1.807) is 6.07 Å². The second-order valence-electron chi connectivity index (χ2n) is 3.58. The summed E-state index contributed by atoms with van der Waals surface area (Å²) in [6.07, 6.45) is 1.44. The summed E-state index contributed by atoms with van der Waals surface area (Å²) in [6.45, 7) is 0. The topological polar surface area (TPSA) is 46.0 Å². The normalized spacial score (nSPS) is 10.9. The number of halogens is 1. The molecule has 0 fully saturated rings. The average molecular weight is 307 g/mol. The largest absolute Gasteiger partial charge is 0.506 e. The van der Waals surface area contributed by atoms with Gasteiger partial charge in [-0.25, -0.2) is 4.98 Å². The zero-order valence-corrected chi connectivity index (χ0v) is 11.0. The van der Waals surface area contributed by atoms with Gasteiger partial charge in [-0.1, -0.05) is 28.1 Å². The molecule has 3 rings (SSSR count). The van der Waals surface area contributed by atoms with Gasteiger partial charge in [0.05, 0.1) is 10.9 Å². The highest BCUT2D eigenvalue weighted by atomic mass is 79.9. The zero-order chi connectivity index (χ0) is 11.8. The van der Waals surface area contributed by atoms with Gasteiger partial charge in [0.15, 0.2) is 0 Å². The van der Waals surface area contributed by atoms with Crippen LogP contribution in [0.15, 0.2) is 41.0 Å². The van der Waals surface area contributed by atoms with Crippen LogP contribution in [0.2, 0.25) is 0 Å². The highest BCUT2D eigenvalue weighted by Crippen LogP contribution is 2.31. The maximum absolute atomic E-state index is 9.36. The van der Waals surface area contributed by atoms with Gasteiger partial charge in [-0.3, -0.25) is 0 Å². The summed E-state index contributed by atoms with van der Waals surface area (Å²) in [4.78, 5) is 4.23. The number of hydrogen-bond donors (Lipinski definition) is 1. The van der Waals surface area contributed by atoms with Crippen LogP contribution in [0.1, 0.15) is 0 Å². The van der Waals surface area contributed by atoms with E-state index in [1.165, 1.54) is 17.7 Å². The molecule has 1 N–H and O–H groups in total. The fourth-order valence-electron chi connectivity index (χ4n) is 1.62. The lowest BCUT2D eigenvalue weighted by Gasteiger charge is -1.98. The molecular formula is C12H7BrN2OS. The van der Waals surface area contributed by atoms with Crippen LogP contribution < -0.4 is 0 Å². The standard InChI is InChI=1S/C12H7BrN2OS/c13-8-3-1-7(2-4-8)11-12-10(17-15-11)5-9(16)6-14-12/h1-6,16H. The van der Waals surface area contributed by atoms with Crippen LogP contribution in [0.5, 0.6) is 5.75 Å². The van der Waals surface area contributed by atoms with Gasteiger partial charge in [0, 0.05) is 16.1 Å². The molecule has 3 aromatic rings. The van der Waals surface area contributed by atoms with Crippen molar-refractivity contribution in [1.82, 2.24) is 9.36 Å². The summed E-state index contributed by atoms with van der Waals surface area (Å²) in [7, 11) is 0. The van der Waals surface area contributed by atoms with Gasteiger partial charge in [-0.05, 0) is 23.7 Å². The van der Waals surface area contributed by atoms with Crippen molar-refractivity contribution in [2.24, 2.45) is 0 Å². The van der Waals surface area contributed by atoms with Crippen molar-refractivity contribution in [3.8, 4) is 17.0 Å². The molecule has 1 aromatic carbocycles. The third kappa shape index (κ3) is 1.92. The number of fused-ring (bicyclic) bond motifs is 1. The van der Waals surface area contributed by atoms with Crippen molar-refractivity contribution in [3.63, 3.8) is 0 Å². The first-order valence-electron chi connectivity index (χ1n) is 4.94. The molecule has 0 saturated carbocycles. The summed E-state index contributed by atoms with van der Waals surface area (Å²) < 4.78 is 6.31. The Balaban J connectivity index is 2.21. The van der Waals surface area contributed by atoms with Gasteiger partial charge in [0.1, 0.15) is 17.0 Å². The number of aromatic hydroxyl groups is 1. The highest BCUT2D eigenvalue weighted by Gasteiger charge is 2.10. The fraction of sp³-hybridized carbons (Fsp3) is 0. The summed E-state index contributed by atoms with van der Waals surface area (Å²) in [5, 5.41) is 9.36. The molecule has 84 valence electrons. The van der Waals surface area contributed by atoms with E-state index in [0.29, 0.717) is 0 Å². The molecule has 3 nitrogen and oxygen atoms in total. The lowest BCUT2D eigenvalue weighted by molar-refractivity contribution is 0.474. The van der Waals surface area contributed by atoms with E-state index in [9.17, 15) is 5.11 Å². The SMILES string of the molecule is Oc1cnc2c(-c3ccc(Br)cc3)nsc2c1. The first kappa shape index (κ1) is 10.7. The molecule has 2 aromatic heterocycles. The zero-order valence-electron chi connectivity index (χ0n) is 8.59. The number of rotatable bonds is 1. The van der Waals surface area contributed by atoms with E-state index < -0.39 is 0 Å². The predicted molar refractivity (Wildman–Crippen MR) is 72.2 cm³/mol. The van der Waals surface area contributed by atoms with Crippen LogP contribution in [0.3, 0.4) is 0 Å². The summed E-state index contributed by atoms with van der Waals surface area (Å²) in [6, 6.07) is 9.62. The van der Waals surface area contributed by atoms with Crippen LogP contribution in [0.4, 0.5) is 0 Å². The van der Waals surface area contributed by atoms with Crippen molar-refractivity contribution in [2.45, 2.75) is 0 Å². The first-order valence-corrected chi connectivity index (χ1v) is 6.51. The molecule has 0 aliphatic rings. The fourth-order valence-corrected chi connectivity index (χ4v) is 2.67. The molecule has 0 amide bonds. The van der Waals surface area contributed by atoms with Crippen molar-refractivity contribution in [3.05, 3.63) is 41.0 Å². The van der Waals surface area contributed by atoms with E-state index in [0.717, 1.165) is 25.9 Å². The van der Waals surface area contributed by atoms with E-state index in [-0.39, 0.29) is 5.75 Å². The molecule has 0 aliphatic carbocycles. The first-order chi connectivity index (χ1) is 8.24.